The van der Waals surface area contributed by atoms with Crippen molar-refractivity contribution < 1.29 is 33.3 Å². The Kier molecular flexibility index (Phi) is 7.32. The molecule has 2 aromatic heterocycles. The molecule has 3 heterocycles. The Balaban J connectivity index is 1.17. The van der Waals surface area contributed by atoms with Crippen LogP contribution in [0.4, 0.5) is 10.2 Å². The third-order valence-electron chi connectivity index (χ3n) is 7.30. The second-order valence-electron chi connectivity index (χ2n) is 10.2. The van der Waals surface area contributed by atoms with Crippen molar-refractivity contribution in [2.24, 2.45) is 0 Å². The molecule has 2 aliphatic rings. The number of rotatable bonds is 8. The highest BCUT2D eigenvalue weighted by molar-refractivity contribution is 6.39. The van der Waals surface area contributed by atoms with Gasteiger partial charge >= 0.3 is 5.97 Å². The van der Waals surface area contributed by atoms with Crippen LogP contribution >= 0.6 is 34.8 Å². The third-order valence-corrected chi connectivity index (χ3v) is 8.21. The van der Waals surface area contributed by atoms with Gasteiger partial charge in [0.25, 0.3) is 5.82 Å². The fourth-order valence-electron chi connectivity index (χ4n) is 5.00. The van der Waals surface area contributed by atoms with E-state index in [1.807, 2.05) is 4.90 Å². The van der Waals surface area contributed by atoms with E-state index < -0.39 is 17.4 Å². The smallest absolute Gasteiger partial charge is 0.341 e. The fraction of sp³-hybridized carbons (Fsp3) is 0.276. The number of pyridine rings is 1. The zero-order valence-electron chi connectivity index (χ0n) is 21.7. The van der Waals surface area contributed by atoms with Gasteiger partial charge in [-0.2, -0.15) is 0 Å². The van der Waals surface area contributed by atoms with Gasteiger partial charge in [-0.3, -0.25) is 4.90 Å². The topological polar surface area (TPSA) is 99.2 Å². The number of aromatic amines is 1. The number of aliphatic hydroxyl groups is 1. The Morgan fingerprint density at radius 2 is 1.88 bits per heavy atom. The molecule has 12 heteroatoms. The molecule has 212 valence electrons. The minimum Gasteiger partial charge on any atom is -0.489 e. The lowest BCUT2D eigenvalue weighted by molar-refractivity contribution is -0.366. The molecule has 0 spiro atoms. The average molecular weight is 620 g/mol. The Bertz CT molecular complexity index is 1610. The van der Waals surface area contributed by atoms with Gasteiger partial charge in [-0.1, -0.05) is 46.0 Å². The molecule has 8 nitrogen and oxygen atoms in total. The van der Waals surface area contributed by atoms with E-state index in [1.54, 1.807) is 36.5 Å². The van der Waals surface area contributed by atoms with Gasteiger partial charge in [-0.15, -0.1) is 0 Å². The van der Waals surface area contributed by atoms with Crippen molar-refractivity contribution in [2.45, 2.75) is 31.0 Å². The number of carbonyl (C=O) groups is 1. The van der Waals surface area contributed by atoms with E-state index in [0.29, 0.717) is 57.6 Å². The van der Waals surface area contributed by atoms with Crippen LogP contribution in [0.15, 0.2) is 53.2 Å². The molecule has 1 saturated heterocycles. The van der Waals surface area contributed by atoms with Gasteiger partial charge in [0.05, 0.1) is 33.3 Å². The molecule has 2 aromatic carbocycles. The van der Waals surface area contributed by atoms with E-state index in [9.17, 15) is 14.3 Å². The summed E-state index contributed by atoms with van der Waals surface area (Å²) in [6.07, 6.45) is 3.50. The number of H-pyrrole nitrogens is 1. The first kappa shape index (κ1) is 27.8. The van der Waals surface area contributed by atoms with Crippen LogP contribution in [0.2, 0.25) is 15.1 Å². The van der Waals surface area contributed by atoms with Crippen molar-refractivity contribution in [2.75, 3.05) is 25.1 Å². The van der Waals surface area contributed by atoms with Crippen LogP contribution in [-0.4, -0.2) is 36.4 Å². The monoisotopic (exact) mass is 618 g/mol. The molecule has 2 N–H and O–H groups in total. The number of hydrogen-bond donors (Lipinski definition) is 1. The number of β-amino-alcohol motifs (C(OH)–C–C–N with tert-alkyl or cyclic N) is 1. The summed E-state index contributed by atoms with van der Waals surface area (Å²) >= 11 is 19.3. The number of benzene rings is 2. The van der Waals surface area contributed by atoms with E-state index in [-0.39, 0.29) is 22.6 Å². The van der Waals surface area contributed by atoms with Crippen LogP contribution in [-0.2, 0) is 16.9 Å². The maximum atomic E-state index is 13.8. The molecule has 1 aliphatic carbocycles. The van der Waals surface area contributed by atoms with Crippen LogP contribution in [0.25, 0.3) is 11.3 Å². The van der Waals surface area contributed by atoms with Gasteiger partial charge in [0, 0.05) is 23.1 Å². The first-order chi connectivity index (χ1) is 19.7. The minimum absolute atomic E-state index is 0.0970. The van der Waals surface area contributed by atoms with Gasteiger partial charge in [0.1, 0.15) is 48.9 Å². The second-order valence-corrected chi connectivity index (χ2v) is 11.4. The van der Waals surface area contributed by atoms with Gasteiger partial charge in [-0.25, -0.2) is 14.2 Å². The summed E-state index contributed by atoms with van der Waals surface area (Å²) in [5.74, 6) is 1.16. The standard InChI is InChI=1S/C29H23Cl3FN3O5/c1-39-28(37)16-4-7-24(34-11-16)36-13-29(38,14-36)20-6-5-18(10-21(20)30)40-12-19-26(35-41-27(19)15-2-3-15)25-22(31)8-17(33)9-23(25)32/h4-11,15,38H,2-3,12-14H2,1H3/p+1. The highest BCUT2D eigenvalue weighted by Gasteiger charge is 2.50. The van der Waals surface area contributed by atoms with Gasteiger partial charge in [0.15, 0.2) is 5.60 Å². The lowest BCUT2D eigenvalue weighted by Gasteiger charge is -2.42. The van der Waals surface area contributed by atoms with Crippen molar-refractivity contribution >= 4 is 46.6 Å². The van der Waals surface area contributed by atoms with Crippen molar-refractivity contribution in [3.63, 3.8) is 0 Å². The number of aromatic nitrogens is 2. The number of esters is 1. The summed E-state index contributed by atoms with van der Waals surface area (Å²) in [5.41, 5.74) is 1.28. The number of halogens is 4. The molecular formula is C29H24Cl3FN3O5+. The van der Waals surface area contributed by atoms with Crippen LogP contribution in [0.5, 0.6) is 5.75 Å². The zero-order chi connectivity index (χ0) is 28.9. The Morgan fingerprint density at radius 3 is 2.49 bits per heavy atom. The van der Waals surface area contributed by atoms with Crippen LogP contribution in [0.1, 0.15) is 46.0 Å². The molecular weight excluding hydrogens is 596 g/mol. The number of ether oxygens (including phenoxy) is 2. The quantitative estimate of drug-likeness (QED) is 0.234. The van der Waals surface area contributed by atoms with E-state index in [2.05, 4.69) is 10.1 Å². The van der Waals surface area contributed by atoms with E-state index in [1.165, 1.54) is 19.2 Å². The van der Waals surface area contributed by atoms with Crippen LogP contribution in [0.3, 0.4) is 0 Å². The Morgan fingerprint density at radius 1 is 1.15 bits per heavy atom. The Hall–Kier alpha value is -3.37. The first-order valence-corrected chi connectivity index (χ1v) is 13.9. The predicted molar refractivity (Wildman–Crippen MR) is 150 cm³/mol. The molecule has 0 amide bonds. The zero-order valence-corrected chi connectivity index (χ0v) is 24.0. The summed E-state index contributed by atoms with van der Waals surface area (Å²) in [7, 11) is 1.32. The molecule has 1 aliphatic heterocycles. The van der Waals surface area contributed by atoms with Crippen LogP contribution < -0.4 is 14.6 Å². The van der Waals surface area contributed by atoms with Gasteiger partial charge in [-0.05, 0) is 43.2 Å². The number of nitrogens with one attached hydrogen (secondary N) is 1. The van der Waals surface area contributed by atoms with E-state index >= 15 is 0 Å². The highest BCUT2D eigenvalue weighted by atomic mass is 35.5. The fourth-order valence-corrected chi connectivity index (χ4v) is 5.98. The number of nitrogens with zero attached hydrogens (tertiary/aromatic N) is 2. The van der Waals surface area contributed by atoms with Crippen LogP contribution in [0, 0.1) is 5.82 Å². The van der Waals surface area contributed by atoms with E-state index in [4.69, 9.17) is 48.8 Å². The summed E-state index contributed by atoms with van der Waals surface area (Å²) < 4.78 is 30.3. The number of carbonyl (C=O) groups excluding carboxylic acids is 1. The van der Waals surface area contributed by atoms with Crippen molar-refractivity contribution in [1.82, 2.24) is 5.16 Å². The van der Waals surface area contributed by atoms with Gasteiger partial charge < -0.3 is 19.1 Å². The largest absolute Gasteiger partial charge is 0.489 e. The highest BCUT2D eigenvalue weighted by Crippen LogP contribution is 2.46. The van der Waals surface area contributed by atoms with Crippen molar-refractivity contribution in [3.8, 4) is 17.0 Å². The maximum absolute atomic E-state index is 13.8. The normalized spacial score (nSPS) is 15.9. The third kappa shape index (κ3) is 5.35. The average Bonchev–Trinajstić information content (AvgIpc) is 3.69. The molecule has 2 fully saturated rings. The first-order valence-electron chi connectivity index (χ1n) is 12.8. The molecule has 0 bridgehead atoms. The van der Waals surface area contributed by atoms with Gasteiger partial charge in [0.2, 0.25) is 0 Å². The maximum Gasteiger partial charge on any atom is 0.341 e. The number of methoxy groups -OCH3 is 1. The molecule has 0 radical (unpaired) electrons. The second kappa shape index (κ2) is 10.8. The Labute approximate surface area is 249 Å². The summed E-state index contributed by atoms with van der Waals surface area (Å²) in [6, 6.07) is 10.9. The van der Waals surface area contributed by atoms with E-state index in [0.717, 1.165) is 18.7 Å². The van der Waals surface area contributed by atoms with Crippen molar-refractivity contribution in [1.29, 1.82) is 0 Å². The summed E-state index contributed by atoms with van der Waals surface area (Å²) in [6.45, 7) is 0.698. The summed E-state index contributed by atoms with van der Waals surface area (Å²) in [5, 5.41) is 16.1. The predicted octanol–water partition coefficient (Wildman–Crippen LogP) is 6.21. The lowest BCUT2D eigenvalue weighted by atomic mass is 9.86. The van der Waals surface area contributed by atoms with Crippen molar-refractivity contribution in [3.05, 3.63) is 92.0 Å². The molecule has 4 aromatic rings. The minimum atomic E-state index is -1.17. The SMILES string of the molecule is COC(=O)c1ccc(N2CC(O)(c3ccc(OCc4c(-c5c(Cl)cc(F)cc5Cl)noc4C4CC4)cc3Cl)C2)[nH+]c1. The molecule has 0 atom stereocenters. The summed E-state index contributed by atoms with van der Waals surface area (Å²) in [4.78, 5) is 16.6. The number of hydrogen-bond acceptors (Lipinski definition) is 7. The molecule has 1 saturated carbocycles. The lowest BCUT2D eigenvalue weighted by Crippen LogP contribution is -2.60. The number of anilines is 1. The molecule has 0 unspecified atom stereocenters. The molecule has 6 rings (SSSR count). The molecule has 41 heavy (non-hydrogen) atoms.